The van der Waals surface area contributed by atoms with Crippen LogP contribution >= 0.6 is 0 Å². The van der Waals surface area contributed by atoms with Crippen LogP contribution < -0.4 is 0 Å². The highest BCUT2D eigenvalue weighted by Crippen LogP contribution is 2.38. The Labute approximate surface area is 214 Å². The molecule has 7 nitrogen and oxygen atoms in total. The lowest BCUT2D eigenvalue weighted by molar-refractivity contribution is -0.139. The van der Waals surface area contributed by atoms with Crippen LogP contribution in [0, 0.1) is 12.7 Å². The standard InChI is InChI=1S/C29H30FN3O4/c1-17(2)28-24(14-13-22(34)15-23(35)16-25(36)37)27(19-9-11-20(30)12-10-19)26-18(3)32-33(29(26)31-28)21-7-5-4-6-8-21/h4-14,17,22-23,34-35H,15-16H2,1-3H3,(H,36,37)/b14-13+/t22-,23-/m1/s1. The maximum atomic E-state index is 13.9. The van der Waals surface area contributed by atoms with E-state index in [1.165, 1.54) is 18.2 Å². The zero-order valence-corrected chi connectivity index (χ0v) is 21.0. The molecule has 0 saturated carbocycles. The van der Waals surface area contributed by atoms with Crippen molar-refractivity contribution in [3.63, 3.8) is 0 Å². The maximum absolute atomic E-state index is 13.9. The molecule has 4 aromatic rings. The Balaban J connectivity index is 1.94. The van der Waals surface area contributed by atoms with Gasteiger partial charge >= 0.3 is 5.97 Å². The predicted octanol–water partition coefficient (Wildman–Crippen LogP) is 5.26. The molecule has 2 atom stereocenters. The van der Waals surface area contributed by atoms with Gasteiger partial charge in [0.2, 0.25) is 0 Å². The lowest BCUT2D eigenvalue weighted by atomic mass is 9.91. The van der Waals surface area contributed by atoms with E-state index in [0.29, 0.717) is 5.65 Å². The quantitative estimate of drug-likeness (QED) is 0.288. The van der Waals surface area contributed by atoms with Crippen molar-refractivity contribution in [1.82, 2.24) is 14.8 Å². The summed E-state index contributed by atoms with van der Waals surface area (Å²) < 4.78 is 15.7. The van der Waals surface area contributed by atoms with Gasteiger partial charge < -0.3 is 15.3 Å². The largest absolute Gasteiger partial charge is 0.481 e. The van der Waals surface area contributed by atoms with E-state index in [9.17, 15) is 19.4 Å². The average molecular weight is 504 g/mol. The summed E-state index contributed by atoms with van der Waals surface area (Å²) in [6.45, 7) is 5.93. The molecule has 0 aliphatic carbocycles. The molecule has 2 aromatic heterocycles. The van der Waals surface area contributed by atoms with Crippen molar-refractivity contribution in [2.45, 2.75) is 51.7 Å². The fourth-order valence-electron chi connectivity index (χ4n) is 4.47. The molecule has 192 valence electrons. The molecule has 0 unspecified atom stereocenters. The van der Waals surface area contributed by atoms with Gasteiger partial charge in [-0.2, -0.15) is 5.10 Å². The van der Waals surface area contributed by atoms with Crippen LogP contribution in [-0.4, -0.2) is 48.3 Å². The molecule has 0 radical (unpaired) electrons. The minimum absolute atomic E-state index is 0.00239. The molecule has 0 amide bonds. The lowest BCUT2D eigenvalue weighted by Crippen LogP contribution is -2.19. The third-order valence-electron chi connectivity index (χ3n) is 6.15. The van der Waals surface area contributed by atoms with Crippen molar-refractivity contribution in [2.75, 3.05) is 0 Å². The highest BCUT2D eigenvalue weighted by molar-refractivity contribution is 6.00. The topological polar surface area (TPSA) is 108 Å². The molecule has 2 heterocycles. The maximum Gasteiger partial charge on any atom is 0.305 e. The fourth-order valence-corrected chi connectivity index (χ4v) is 4.47. The van der Waals surface area contributed by atoms with Crippen LogP contribution in [0.2, 0.25) is 0 Å². The first kappa shape index (κ1) is 26.2. The van der Waals surface area contributed by atoms with Crippen molar-refractivity contribution in [1.29, 1.82) is 0 Å². The summed E-state index contributed by atoms with van der Waals surface area (Å²) in [4.78, 5) is 15.9. The minimum atomic E-state index is -1.18. The Kier molecular flexibility index (Phi) is 7.80. The van der Waals surface area contributed by atoms with Crippen LogP contribution in [0.25, 0.3) is 33.9 Å². The van der Waals surface area contributed by atoms with Gasteiger partial charge in [0.05, 0.1) is 41.1 Å². The summed E-state index contributed by atoms with van der Waals surface area (Å²) in [7, 11) is 0. The number of carboxylic acids is 1. The van der Waals surface area contributed by atoms with Crippen molar-refractivity contribution in [2.24, 2.45) is 0 Å². The smallest absolute Gasteiger partial charge is 0.305 e. The zero-order chi connectivity index (χ0) is 26.7. The normalized spacial score (nSPS) is 13.5. The van der Waals surface area contributed by atoms with Crippen molar-refractivity contribution < 1.29 is 24.5 Å². The van der Waals surface area contributed by atoms with Gasteiger partial charge in [0.15, 0.2) is 5.65 Å². The SMILES string of the molecule is Cc1nn(-c2ccccc2)c2nc(C(C)C)c(/C=C/[C@@H](O)C[C@@H](O)CC(=O)O)c(-c3ccc(F)cc3)c12. The van der Waals surface area contributed by atoms with Gasteiger partial charge in [0.25, 0.3) is 0 Å². The number of aromatic nitrogens is 3. The number of carbonyl (C=O) groups is 1. The van der Waals surface area contributed by atoms with E-state index in [0.717, 1.165) is 39.2 Å². The van der Waals surface area contributed by atoms with E-state index in [1.807, 2.05) is 51.1 Å². The molecular weight excluding hydrogens is 473 g/mol. The van der Waals surface area contributed by atoms with E-state index >= 15 is 0 Å². The summed E-state index contributed by atoms with van der Waals surface area (Å²) >= 11 is 0. The Morgan fingerprint density at radius 2 is 1.76 bits per heavy atom. The summed E-state index contributed by atoms with van der Waals surface area (Å²) in [6, 6.07) is 15.9. The highest BCUT2D eigenvalue weighted by Gasteiger charge is 2.23. The number of aliphatic carboxylic acids is 1. The number of aliphatic hydroxyl groups is 2. The zero-order valence-electron chi connectivity index (χ0n) is 21.0. The average Bonchev–Trinajstić information content (AvgIpc) is 3.18. The van der Waals surface area contributed by atoms with E-state index in [4.69, 9.17) is 15.2 Å². The second-order valence-electron chi connectivity index (χ2n) is 9.39. The van der Waals surface area contributed by atoms with E-state index in [-0.39, 0.29) is 18.2 Å². The van der Waals surface area contributed by atoms with Gasteiger partial charge in [-0.3, -0.25) is 4.79 Å². The van der Waals surface area contributed by atoms with E-state index < -0.39 is 24.6 Å². The van der Waals surface area contributed by atoms with Crippen LogP contribution in [0.3, 0.4) is 0 Å². The summed E-state index contributed by atoms with van der Waals surface area (Å²) in [6.07, 6.45) is 0.465. The molecule has 0 bridgehead atoms. The number of para-hydroxylation sites is 1. The molecule has 8 heteroatoms. The molecule has 0 aliphatic heterocycles. The number of rotatable bonds is 9. The number of hydrogen-bond acceptors (Lipinski definition) is 5. The van der Waals surface area contributed by atoms with Crippen molar-refractivity contribution in [3.8, 4) is 16.8 Å². The Morgan fingerprint density at radius 3 is 2.38 bits per heavy atom. The van der Waals surface area contributed by atoms with Gasteiger partial charge in [0, 0.05) is 17.5 Å². The third-order valence-corrected chi connectivity index (χ3v) is 6.15. The molecule has 0 spiro atoms. The fraction of sp³-hybridized carbons (Fsp3) is 0.276. The molecule has 0 fully saturated rings. The van der Waals surface area contributed by atoms with Crippen LogP contribution in [0.4, 0.5) is 4.39 Å². The van der Waals surface area contributed by atoms with Crippen LogP contribution in [-0.2, 0) is 4.79 Å². The lowest BCUT2D eigenvalue weighted by Gasteiger charge is -2.17. The predicted molar refractivity (Wildman–Crippen MR) is 141 cm³/mol. The molecule has 37 heavy (non-hydrogen) atoms. The summed E-state index contributed by atoms with van der Waals surface area (Å²) in [5.74, 6) is -1.49. The number of halogens is 1. The first-order chi connectivity index (χ1) is 17.7. The van der Waals surface area contributed by atoms with Gasteiger partial charge in [-0.05, 0) is 42.7 Å². The van der Waals surface area contributed by atoms with Crippen LogP contribution in [0.5, 0.6) is 0 Å². The Hall–Kier alpha value is -3.88. The van der Waals surface area contributed by atoms with Crippen molar-refractivity contribution >= 4 is 23.1 Å². The number of pyridine rings is 1. The van der Waals surface area contributed by atoms with Gasteiger partial charge in [-0.1, -0.05) is 56.3 Å². The Morgan fingerprint density at radius 1 is 1.08 bits per heavy atom. The van der Waals surface area contributed by atoms with Gasteiger partial charge in [-0.25, -0.2) is 14.1 Å². The highest BCUT2D eigenvalue weighted by atomic mass is 19.1. The molecule has 2 aromatic carbocycles. The van der Waals surface area contributed by atoms with Crippen molar-refractivity contribution in [3.05, 3.63) is 83.4 Å². The number of hydrogen-bond donors (Lipinski definition) is 3. The molecule has 4 rings (SSSR count). The summed E-state index contributed by atoms with van der Waals surface area (Å²) in [5.41, 5.74) is 5.36. The van der Waals surface area contributed by atoms with Crippen LogP contribution in [0.15, 0.2) is 60.7 Å². The Bertz CT molecular complexity index is 1430. The minimum Gasteiger partial charge on any atom is -0.481 e. The first-order valence-corrected chi connectivity index (χ1v) is 12.2. The number of aryl methyl sites for hydroxylation is 1. The first-order valence-electron chi connectivity index (χ1n) is 12.2. The van der Waals surface area contributed by atoms with Gasteiger partial charge in [-0.15, -0.1) is 0 Å². The number of nitrogens with zero attached hydrogens (tertiary/aromatic N) is 3. The van der Waals surface area contributed by atoms with E-state index in [2.05, 4.69) is 0 Å². The molecule has 3 N–H and O–H groups in total. The number of aliphatic hydroxyl groups excluding tert-OH is 2. The summed E-state index contributed by atoms with van der Waals surface area (Å²) in [5, 5.41) is 34.9. The van der Waals surface area contributed by atoms with Gasteiger partial charge in [0.1, 0.15) is 5.82 Å². The number of benzene rings is 2. The molecule has 0 saturated heterocycles. The third kappa shape index (κ3) is 5.76. The van der Waals surface area contributed by atoms with Crippen LogP contribution in [0.1, 0.15) is 49.6 Å². The molecular formula is C29H30FN3O4. The second-order valence-corrected chi connectivity index (χ2v) is 9.39. The van der Waals surface area contributed by atoms with E-state index in [1.54, 1.807) is 22.9 Å². The monoisotopic (exact) mass is 503 g/mol. The number of carboxylic acid groups (broad SMARTS) is 1. The molecule has 0 aliphatic rings. The number of fused-ring (bicyclic) bond motifs is 1. The second kappa shape index (κ2) is 11.0.